The van der Waals surface area contributed by atoms with E-state index in [1.807, 2.05) is 37.8 Å². The molecule has 9 nitrogen and oxygen atoms in total. The maximum atomic E-state index is 11.8. The van der Waals surface area contributed by atoms with Crippen molar-refractivity contribution < 1.29 is 21.6 Å². The average Bonchev–Trinajstić information content (AvgIpc) is 2.64. The van der Waals surface area contributed by atoms with Crippen LogP contribution in [0.2, 0.25) is 0 Å². The van der Waals surface area contributed by atoms with E-state index in [1.54, 1.807) is 12.1 Å². The molecule has 1 aliphatic rings. The summed E-state index contributed by atoms with van der Waals surface area (Å²) in [6.07, 6.45) is 2.27. The van der Waals surface area contributed by atoms with Crippen LogP contribution in [0.1, 0.15) is 16.7 Å². The van der Waals surface area contributed by atoms with E-state index in [9.17, 15) is 16.8 Å². The Morgan fingerprint density at radius 1 is 0.935 bits per heavy atom. The Balaban J connectivity index is 1.94. The molecule has 0 bridgehead atoms. The third-order valence-corrected chi connectivity index (χ3v) is 6.87. The Morgan fingerprint density at radius 3 is 2.03 bits per heavy atom. The molecule has 1 N–H and O–H groups in total. The molecule has 1 aliphatic heterocycles. The van der Waals surface area contributed by atoms with Gasteiger partial charge in [-0.3, -0.25) is 4.72 Å². The van der Waals surface area contributed by atoms with E-state index < -0.39 is 20.0 Å². The smallest absolute Gasteiger partial charge is 0.245 e. The minimum Gasteiger partial charge on any atom is -0.436 e. The van der Waals surface area contributed by atoms with Crippen molar-refractivity contribution in [3.8, 4) is 11.6 Å². The van der Waals surface area contributed by atoms with Crippen LogP contribution in [-0.2, 0) is 20.0 Å². The number of piperazine rings is 1. The molecule has 2 aromatic rings. The fourth-order valence-electron chi connectivity index (χ4n) is 3.64. The predicted octanol–water partition coefficient (Wildman–Crippen LogP) is 2.25. The van der Waals surface area contributed by atoms with E-state index in [1.165, 1.54) is 10.6 Å². The highest BCUT2D eigenvalue weighted by atomic mass is 32.2. The highest BCUT2D eigenvalue weighted by molar-refractivity contribution is 7.92. The van der Waals surface area contributed by atoms with Crippen LogP contribution in [0.15, 0.2) is 24.3 Å². The molecule has 0 radical (unpaired) electrons. The second-order valence-electron chi connectivity index (χ2n) is 7.88. The van der Waals surface area contributed by atoms with Crippen LogP contribution in [0.25, 0.3) is 0 Å². The first-order chi connectivity index (χ1) is 14.3. The van der Waals surface area contributed by atoms with Gasteiger partial charge in [0.2, 0.25) is 25.9 Å². The number of rotatable bonds is 6. The normalized spacial score (nSPS) is 15.7. The Labute approximate surface area is 184 Å². The number of hydrogen-bond donors (Lipinski definition) is 1. The highest BCUT2D eigenvalue weighted by Crippen LogP contribution is 2.35. The summed E-state index contributed by atoms with van der Waals surface area (Å²) >= 11 is 0. The van der Waals surface area contributed by atoms with Gasteiger partial charge < -0.3 is 9.64 Å². The number of anilines is 2. The lowest BCUT2D eigenvalue weighted by molar-refractivity contribution is 0.386. The molecule has 2 heterocycles. The SMILES string of the molecule is Cc1cc(C)c(Oc2nc(N3CCN(S(C)(=O)=O)CC3)ccc2NS(C)(=O)=O)c(C)c1. The lowest BCUT2D eigenvalue weighted by Gasteiger charge is -2.34. The Morgan fingerprint density at radius 2 is 1.52 bits per heavy atom. The maximum absolute atomic E-state index is 11.8. The van der Waals surface area contributed by atoms with Gasteiger partial charge in [0.25, 0.3) is 0 Å². The van der Waals surface area contributed by atoms with Gasteiger partial charge >= 0.3 is 0 Å². The molecule has 31 heavy (non-hydrogen) atoms. The number of hydrogen-bond acceptors (Lipinski definition) is 7. The largest absolute Gasteiger partial charge is 0.436 e. The number of sulfonamides is 2. The van der Waals surface area contributed by atoms with Gasteiger partial charge in [0.05, 0.1) is 12.5 Å². The fourth-order valence-corrected chi connectivity index (χ4v) is 5.02. The number of aryl methyl sites for hydroxylation is 3. The topological polar surface area (TPSA) is 109 Å². The third-order valence-electron chi connectivity index (χ3n) is 4.98. The summed E-state index contributed by atoms with van der Waals surface area (Å²) < 4.78 is 57.2. The van der Waals surface area contributed by atoms with E-state index in [0.717, 1.165) is 22.9 Å². The molecular formula is C20H28N4O5S2. The molecule has 1 saturated heterocycles. The van der Waals surface area contributed by atoms with E-state index in [0.29, 0.717) is 37.7 Å². The van der Waals surface area contributed by atoms with Gasteiger partial charge in [0.1, 0.15) is 17.3 Å². The van der Waals surface area contributed by atoms with Crippen molar-refractivity contribution in [1.82, 2.24) is 9.29 Å². The van der Waals surface area contributed by atoms with Crippen LogP contribution in [0.5, 0.6) is 11.6 Å². The third kappa shape index (κ3) is 5.86. The number of nitrogens with zero attached hydrogens (tertiary/aromatic N) is 3. The monoisotopic (exact) mass is 468 g/mol. The van der Waals surface area contributed by atoms with Crippen LogP contribution < -0.4 is 14.4 Å². The Hall–Kier alpha value is -2.37. The zero-order valence-electron chi connectivity index (χ0n) is 18.3. The average molecular weight is 469 g/mol. The first-order valence-corrected chi connectivity index (χ1v) is 13.5. The van der Waals surface area contributed by atoms with Gasteiger partial charge in [-0.25, -0.2) is 16.8 Å². The minimum atomic E-state index is -3.54. The van der Waals surface area contributed by atoms with Crippen molar-refractivity contribution in [2.24, 2.45) is 0 Å². The molecule has 1 aromatic carbocycles. The van der Waals surface area contributed by atoms with Gasteiger partial charge in [0.15, 0.2) is 0 Å². The molecule has 0 atom stereocenters. The molecule has 3 rings (SSSR count). The summed E-state index contributed by atoms with van der Waals surface area (Å²) in [6.45, 7) is 7.50. The summed E-state index contributed by atoms with van der Waals surface area (Å²) in [5.41, 5.74) is 3.16. The van der Waals surface area contributed by atoms with Crippen molar-refractivity contribution in [3.63, 3.8) is 0 Å². The van der Waals surface area contributed by atoms with E-state index in [2.05, 4.69) is 9.71 Å². The van der Waals surface area contributed by atoms with Gasteiger partial charge in [0, 0.05) is 26.2 Å². The Bertz CT molecular complexity index is 1170. The highest BCUT2D eigenvalue weighted by Gasteiger charge is 2.25. The second-order valence-corrected chi connectivity index (χ2v) is 11.6. The lowest BCUT2D eigenvalue weighted by Crippen LogP contribution is -2.48. The molecular weight excluding hydrogens is 440 g/mol. The second kappa shape index (κ2) is 8.64. The molecule has 0 unspecified atom stereocenters. The van der Waals surface area contributed by atoms with Crippen LogP contribution >= 0.6 is 0 Å². The molecule has 1 fully saturated rings. The molecule has 170 valence electrons. The summed E-state index contributed by atoms with van der Waals surface area (Å²) in [7, 11) is -6.77. The summed E-state index contributed by atoms with van der Waals surface area (Å²) in [5.74, 6) is 1.35. The van der Waals surface area contributed by atoms with Gasteiger partial charge in [-0.15, -0.1) is 0 Å². The molecule has 0 spiro atoms. The molecule has 0 saturated carbocycles. The fraction of sp³-hybridized carbons (Fsp3) is 0.450. The zero-order chi connectivity index (χ0) is 23.0. The quantitative estimate of drug-likeness (QED) is 0.692. The molecule has 0 amide bonds. The van der Waals surface area contributed by atoms with Gasteiger partial charge in [-0.05, 0) is 44.0 Å². The van der Waals surface area contributed by atoms with Gasteiger partial charge in [-0.2, -0.15) is 9.29 Å². The predicted molar refractivity (Wildman–Crippen MR) is 122 cm³/mol. The van der Waals surface area contributed by atoms with Crippen LogP contribution in [0.4, 0.5) is 11.5 Å². The first-order valence-electron chi connectivity index (χ1n) is 9.78. The van der Waals surface area contributed by atoms with Gasteiger partial charge in [-0.1, -0.05) is 17.7 Å². The van der Waals surface area contributed by atoms with Crippen molar-refractivity contribution in [2.75, 3.05) is 48.3 Å². The van der Waals surface area contributed by atoms with Crippen molar-refractivity contribution >= 4 is 31.6 Å². The number of benzene rings is 1. The summed E-state index contributed by atoms with van der Waals surface area (Å²) in [6, 6.07) is 7.28. The first kappa shape index (κ1) is 23.3. The Kier molecular flexibility index (Phi) is 6.49. The summed E-state index contributed by atoms with van der Waals surface area (Å²) in [4.78, 5) is 6.53. The summed E-state index contributed by atoms with van der Waals surface area (Å²) in [5, 5.41) is 0. The number of pyridine rings is 1. The maximum Gasteiger partial charge on any atom is 0.245 e. The van der Waals surface area contributed by atoms with Crippen LogP contribution in [0, 0.1) is 20.8 Å². The molecule has 1 aromatic heterocycles. The lowest BCUT2D eigenvalue weighted by atomic mass is 10.1. The standard InChI is InChI=1S/C20H28N4O5S2/c1-14-12-15(2)19(16(3)13-14)29-20-17(22-30(4,25)26)6-7-18(21-20)23-8-10-24(11-9-23)31(5,27)28/h6-7,12-13,22H,8-11H2,1-5H3. The van der Waals surface area contributed by atoms with Crippen molar-refractivity contribution in [2.45, 2.75) is 20.8 Å². The van der Waals surface area contributed by atoms with Crippen LogP contribution in [0.3, 0.4) is 0 Å². The number of aromatic nitrogens is 1. The van der Waals surface area contributed by atoms with Crippen molar-refractivity contribution in [3.05, 3.63) is 41.0 Å². The van der Waals surface area contributed by atoms with E-state index >= 15 is 0 Å². The number of nitrogens with one attached hydrogen (secondary N) is 1. The van der Waals surface area contributed by atoms with Crippen molar-refractivity contribution in [1.29, 1.82) is 0 Å². The van der Waals surface area contributed by atoms with E-state index in [-0.39, 0.29) is 11.6 Å². The van der Waals surface area contributed by atoms with E-state index in [4.69, 9.17) is 4.74 Å². The van der Waals surface area contributed by atoms with Crippen LogP contribution in [-0.4, -0.2) is 64.8 Å². The zero-order valence-corrected chi connectivity index (χ0v) is 20.0. The number of ether oxygens (including phenoxy) is 1. The molecule has 11 heteroatoms. The molecule has 0 aliphatic carbocycles. The minimum absolute atomic E-state index is 0.142.